The van der Waals surface area contributed by atoms with Gasteiger partial charge in [-0.3, -0.25) is 58.5 Å². The van der Waals surface area contributed by atoms with Gasteiger partial charge in [0.2, 0.25) is 29.5 Å². The minimum absolute atomic E-state index is 0.0167. The Kier molecular flexibility index (Phi) is 28.5. The molecule has 23 rings (SSSR count). The molecule has 6 amide bonds. The molecule has 686 valence electrons. The fourth-order valence-corrected chi connectivity index (χ4v) is 21.7. The van der Waals surface area contributed by atoms with Gasteiger partial charge in [-0.25, -0.2) is 0 Å². The number of β-lactam (4-membered cyclic amide) rings is 3. The van der Waals surface area contributed by atoms with Crippen LogP contribution in [0.4, 0.5) is 39.8 Å². The van der Waals surface area contributed by atoms with Gasteiger partial charge in [-0.05, 0) is 198 Å². The predicted molar refractivity (Wildman–Crippen MR) is 543 cm³/mol. The second-order valence-corrected chi connectivity index (χ2v) is 36.6. The number of nitrogens with zero attached hydrogens (tertiary/aromatic N) is 8. The van der Waals surface area contributed by atoms with Gasteiger partial charge in [-0.1, -0.05) is 273 Å². The number of Topliss-reactive ketones (excluding diaryl/α,β-unsaturated/α-hetero) is 1. The Labute approximate surface area is 805 Å². The Hall–Kier alpha value is -16.0. The van der Waals surface area contributed by atoms with Crippen LogP contribution in [0, 0.1) is 23.7 Å². The summed E-state index contributed by atoms with van der Waals surface area (Å²) < 4.78 is 0. The smallest absolute Gasteiger partial charge is 0.251 e. The third-order valence-electron chi connectivity index (χ3n) is 28.1. The van der Waals surface area contributed by atoms with Crippen LogP contribution in [0.3, 0.4) is 0 Å². The molecular formula is C119H108N12O7. The fourth-order valence-electron chi connectivity index (χ4n) is 21.7. The zero-order chi connectivity index (χ0) is 94.1. The summed E-state index contributed by atoms with van der Waals surface area (Å²) in [5.74, 6) is 1.19. The maximum absolute atomic E-state index is 13.0. The van der Waals surface area contributed by atoms with Crippen LogP contribution in [-0.2, 0) is 59.2 Å². The standard InChI is InChI=1S/C25H22N2O2.C24H21N3O2.C24H23N3O.C23H22N2O.C23H20N2O/c28-19(14-17-8-3-1-4-9-17)16-21-24-20(15-18-10-5-2-6-11-18)23-22(12-7-13-26-23)27(24)25(21)29;28-21(26-17-10-5-2-6-11-17)15-19-23-18(14-16-8-3-1-4-9-16)22-20(12-7-13-25-22)27(23)24(19)29;28-24-19(13-15-25-18-10-5-2-6-11-18)23-20(16-17-8-3-1-4-9-17)22-21(27(23)24)12-7-14-26-22;2*26-23(25-20-11-5-2-6-12-20)22-15-19(18-10-7-13-24-16-18)14-21(22)17-8-3-1-4-9-17/h1-13,20-21,24H,14-16H2;1-13,18-19,23H,14-15H2,(H,26,28);1-12,14,19-20,23,25H,13,15-16H2;1-13,16,19,21-22H,14-15H2,(H,25,26);1-13,15-16,19,21H,14H2,(H,25,26). The minimum atomic E-state index is -0.318. The van der Waals surface area contributed by atoms with E-state index in [0.29, 0.717) is 18.8 Å². The molecule has 19 heteroatoms. The second-order valence-electron chi connectivity index (χ2n) is 36.6. The number of aromatic nitrogens is 5. The average molecular weight is 1820 g/mol. The molecule has 19 nitrogen and oxygen atoms in total. The Morgan fingerprint density at radius 1 is 0.333 bits per heavy atom. The lowest BCUT2D eigenvalue weighted by Crippen LogP contribution is -2.61. The number of carbonyl (C=O) groups is 7. The number of carbonyl (C=O) groups excluding carboxylic acids is 7. The largest absolute Gasteiger partial charge is 0.385 e. The van der Waals surface area contributed by atoms with Crippen LogP contribution in [0.5, 0.6) is 0 Å². The van der Waals surface area contributed by atoms with Gasteiger partial charge in [0.25, 0.3) is 5.91 Å². The van der Waals surface area contributed by atoms with Crippen molar-refractivity contribution in [3.8, 4) is 0 Å². The Bertz CT molecular complexity index is 6540. The number of pyridine rings is 5. The SMILES string of the molecule is O=C(CC1C(=O)N2c3cccnc3C(Cc3ccccc3)C12)Nc1ccccc1.O=C(Cc1ccccc1)CC1C(=O)N2c3cccnc3C(Cc3ccccc3)C12.O=C(Nc1ccccc1)C1=CC(c2cccnc2)CC1c1ccccc1.O=C(Nc1ccccc1)C1CC(c2cccnc2)CC1c1ccccc1.O=C1C(CCNc2ccccc2)C2C(Cc3ccccc3)c3ncccc3N12. The zero-order valence-electron chi connectivity index (χ0n) is 76.6. The van der Waals surface area contributed by atoms with Crippen molar-refractivity contribution in [2.45, 2.75) is 124 Å². The summed E-state index contributed by atoms with van der Waals surface area (Å²) in [5, 5.41) is 12.5. The normalized spacial score (nSPS) is 21.5. The molecule has 10 aromatic carbocycles. The summed E-state index contributed by atoms with van der Waals surface area (Å²) in [6.07, 6.45) is 21.9. The predicted octanol–water partition coefficient (Wildman–Crippen LogP) is 21.9. The molecule has 11 heterocycles. The lowest BCUT2D eigenvalue weighted by Gasteiger charge is -2.45. The number of fused-ring (bicyclic) bond motifs is 9. The maximum atomic E-state index is 13.0. The van der Waals surface area contributed by atoms with Crippen molar-refractivity contribution >= 4 is 81.0 Å². The highest BCUT2D eigenvalue weighted by Crippen LogP contribution is 2.56. The van der Waals surface area contributed by atoms with Crippen LogP contribution >= 0.6 is 0 Å². The van der Waals surface area contributed by atoms with E-state index in [4.69, 9.17) is 0 Å². The molecule has 3 saturated heterocycles. The van der Waals surface area contributed by atoms with Crippen molar-refractivity contribution in [3.63, 3.8) is 0 Å². The number of ketones is 1. The third kappa shape index (κ3) is 20.6. The van der Waals surface area contributed by atoms with Crippen LogP contribution in [0.2, 0.25) is 0 Å². The second kappa shape index (κ2) is 43.1. The number of hydrogen-bond donors (Lipinski definition) is 4. The topological polar surface area (TPSA) is 242 Å². The molecule has 138 heavy (non-hydrogen) atoms. The summed E-state index contributed by atoms with van der Waals surface area (Å²) in [6.45, 7) is 0.798. The van der Waals surface area contributed by atoms with Crippen molar-refractivity contribution in [2.75, 3.05) is 42.5 Å². The van der Waals surface area contributed by atoms with Gasteiger partial charge in [0.05, 0.1) is 70.0 Å². The molecule has 15 aromatic rings. The molecule has 14 atom stereocenters. The summed E-state index contributed by atoms with van der Waals surface area (Å²) in [4.78, 5) is 118. The van der Waals surface area contributed by atoms with Crippen molar-refractivity contribution in [1.82, 2.24) is 24.9 Å². The Balaban J connectivity index is 0.000000110. The number of rotatable bonds is 25. The van der Waals surface area contributed by atoms with Gasteiger partial charge in [-0.2, -0.15) is 0 Å². The maximum Gasteiger partial charge on any atom is 0.251 e. The van der Waals surface area contributed by atoms with E-state index in [-0.39, 0.29) is 125 Å². The molecule has 4 fully saturated rings. The highest BCUT2D eigenvalue weighted by molar-refractivity contribution is 6.10. The molecule has 14 unspecified atom stereocenters. The molecule has 2 aliphatic carbocycles. The van der Waals surface area contributed by atoms with E-state index in [1.165, 1.54) is 33.4 Å². The van der Waals surface area contributed by atoms with Crippen molar-refractivity contribution in [2.24, 2.45) is 23.7 Å². The quantitative estimate of drug-likeness (QED) is 0.0390. The summed E-state index contributed by atoms with van der Waals surface area (Å²) in [7, 11) is 0. The molecule has 0 spiro atoms. The number of hydrogen-bond acceptors (Lipinski definition) is 13. The number of anilines is 7. The molecular weight excluding hydrogens is 1710 g/mol. The average Bonchev–Trinajstić information content (AvgIpc) is 1.56. The number of nitrogens with one attached hydrogen (secondary N) is 4. The van der Waals surface area contributed by atoms with Crippen LogP contribution in [-0.4, -0.2) is 90.8 Å². The van der Waals surface area contributed by atoms with Crippen LogP contribution in [0.15, 0.2) is 419 Å². The van der Waals surface area contributed by atoms with Crippen LogP contribution < -0.4 is 36.0 Å². The zero-order valence-corrected chi connectivity index (χ0v) is 76.6. The number of amides is 6. The Morgan fingerprint density at radius 2 is 0.710 bits per heavy atom. The lowest BCUT2D eigenvalue weighted by atomic mass is 9.76. The number of para-hydroxylation sites is 4. The monoisotopic (exact) mass is 1820 g/mol. The fraction of sp³-hybridized carbons (Fsp3) is 0.210. The summed E-state index contributed by atoms with van der Waals surface area (Å²) in [5.41, 5.74) is 19.7. The van der Waals surface area contributed by atoms with Gasteiger partial charge >= 0.3 is 0 Å². The minimum Gasteiger partial charge on any atom is -0.385 e. The lowest BCUT2D eigenvalue weighted by molar-refractivity contribution is -0.134. The van der Waals surface area contributed by atoms with Gasteiger partial charge in [0.1, 0.15) is 5.78 Å². The first-order chi connectivity index (χ1) is 67.9. The van der Waals surface area contributed by atoms with E-state index >= 15 is 0 Å². The van der Waals surface area contributed by atoms with Crippen LogP contribution in [0.25, 0.3) is 0 Å². The number of allylic oxidation sites excluding steroid dienone is 1. The van der Waals surface area contributed by atoms with E-state index in [0.717, 1.165) is 125 Å². The molecule has 6 aliphatic heterocycles. The van der Waals surface area contributed by atoms with Crippen molar-refractivity contribution in [3.05, 3.63) is 481 Å². The van der Waals surface area contributed by atoms with E-state index in [2.05, 4.69) is 161 Å². The van der Waals surface area contributed by atoms with E-state index in [9.17, 15) is 33.6 Å². The number of benzene rings is 10. The van der Waals surface area contributed by atoms with Gasteiger partial charge in [0, 0.05) is 133 Å². The van der Waals surface area contributed by atoms with Gasteiger partial charge in [0.15, 0.2) is 0 Å². The first-order valence-corrected chi connectivity index (χ1v) is 47.9. The summed E-state index contributed by atoms with van der Waals surface area (Å²) in [6, 6.07) is 120. The molecule has 0 radical (unpaired) electrons. The van der Waals surface area contributed by atoms with Crippen molar-refractivity contribution < 1.29 is 33.6 Å². The van der Waals surface area contributed by atoms with Gasteiger partial charge in [-0.15, -0.1) is 0 Å². The highest BCUT2D eigenvalue weighted by atomic mass is 16.2. The molecule has 4 N–H and O–H groups in total. The first-order valence-electron chi connectivity index (χ1n) is 47.9. The molecule has 0 bridgehead atoms. The van der Waals surface area contributed by atoms with E-state index in [1.807, 2.05) is 288 Å². The molecule has 5 aromatic heterocycles. The highest BCUT2D eigenvalue weighted by Gasteiger charge is 2.60. The molecule has 8 aliphatic rings. The van der Waals surface area contributed by atoms with Gasteiger partial charge < -0.3 is 36.0 Å². The summed E-state index contributed by atoms with van der Waals surface area (Å²) >= 11 is 0. The molecule has 1 saturated carbocycles. The van der Waals surface area contributed by atoms with E-state index < -0.39 is 0 Å². The van der Waals surface area contributed by atoms with Crippen molar-refractivity contribution in [1.29, 1.82) is 0 Å². The van der Waals surface area contributed by atoms with Crippen LogP contribution in [0.1, 0.15) is 142 Å². The first kappa shape index (κ1) is 91.1. The third-order valence-corrected chi connectivity index (χ3v) is 28.1. The Morgan fingerprint density at radius 3 is 1.17 bits per heavy atom. The van der Waals surface area contributed by atoms with E-state index in [1.54, 1.807) is 24.8 Å².